The summed E-state index contributed by atoms with van der Waals surface area (Å²) in [5, 5.41) is 9.20. The van der Waals surface area contributed by atoms with Gasteiger partial charge in [0.15, 0.2) is 5.69 Å². The van der Waals surface area contributed by atoms with E-state index in [2.05, 4.69) is 9.97 Å². The summed E-state index contributed by atoms with van der Waals surface area (Å²) in [6.45, 7) is 0. The highest BCUT2D eigenvalue weighted by Crippen LogP contribution is 2.27. The van der Waals surface area contributed by atoms with E-state index in [1.165, 1.54) is 24.5 Å². The van der Waals surface area contributed by atoms with E-state index in [9.17, 15) is 9.18 Å². The summed E-state index contributed by atoms with van der Waals surface area (Å²) in [6.07, 6.45) is 2.73. The highest BCUT2D eigenvalue weighted by molar-refractivity contribution is 7.99. The van der Waals surface area contributed by atoms with Gasteiger partial charge in [0, 0.05) is 17.3 Å². The minimum Gasteiger partial charge on any atom is -0.476 e. The van der Waals surface area contributed by atoms with Gasteiger partial charge in [0.25, 0.3) is 0 Å². The molecule has 0 bridgehead atoms. The van der Waals surface area contributed by atoms with Crippen molar-refractivity contribution in [3.8, 4) is 0 Å². The second-order valence-corrected chi connectivity index (χ2v) is 4.13. The van der Waals surface area contributed by atoms with E-state index in [1.807, 2.05) is 0 Å². The van der Waals surface area contributed by atoms with E-state index in [4.69, 9.17) is 5.11 Å². The minimum atomic E-state index is -1.14. The van der Waals surface area contributed by atoms with Crippen molar-refractivity contribution in [3.63, 3.8) is 0 Å². The van der Waals surface area contributed by atoms with Crippen molar-refractivity contribution in [3.05, 3.63) is 48.2 Å². The molecule has 17 heavy (non-hydrogen) atoms. The maximum atomic E-state index is 12.7. The second kappa shape index (κ2) is 4.92. The van der Waals surface area contributed by atoms with E-state index in [-0.39, 0.29) is 16.5 Å². The maximum absolute atomic E-state index is 12.7. The van der Waals surface area contributed by atoms with E-state index >= 15 is 0 Å². The van der Waals surface area contributed by atoms with Crippen LogP contribution in [-0.2, 0) is 0 Å². The zero-order valence-corrected chi connectivity index (χ0v) is 9.32. The number of nitrogens with zero attached hydrogens (tertiary/aromatic N) is 2. The summed E-state index contributed by atoms with van der Waals surface area (Å²) >= 11 is 1.13. The summed E-state index contributed by atoms with van der Waals surface area (Å²) in [7, 11) is 0. The fourth-order valence-electron chi connectivity index (χ4n) is 1.16. The lowest BCUT2D eigenvalue weighted by Crippen LogP contribution is -2.03. The number of carboxylic acid groups (broad SMARTS) is 1. The van der Waals surface area contributed by atoms with Gasteiger partial charge in [-0.05, 0) is 24.3 Å². The Labute approximate surface area is 101 Å². The molecule has 0 radical (unpaired) electrons. The number of carbonyl (C=O) groups is 1. The van der Waals surface area contributed by atoms with Crippen LogP contribution >= 0.6 is 11.8 Å². The van der Waals surface area contributed by atoms with Crippen molar-refractivity contribution in [1.82, 2.24) is 9.97 Å². The van der Waals surface area contributed by atoms with Crippen LogP contribution in [0.15, 0.2) is 46.6 Å². The van der Waals surface area contributed by atoms with Crippen LogP contribution in [0, 0.1) is 5.82 Å². The predicted molar refractivity (Wildman–Crippen MR) is 59.5 cm³/mol. The average molecular weight is 250 g/mol. The van der Waals surface area contributed by atoms with Gasteiger partial charge in [-0.2, -0.15) is 0 Å². The SMILES string of the molecule is O=C(O)c1nccnc1Sc1ccc(F)cc1. The van der Waals surface area contributed by atoms with Gasteiger partial charge in [0.2, 0.25) is 0 Å². The Balaban J connectivity index is 2.30. The molecule has 0 saturated carbocycles. The number of halogens is 1. The number of hydrogen-bond donors (Lipinski definition) is 1. The second-order valence-electron chi connectivity index (χ2n) is 3.07. The van der Waals surface area contributed by atoms with Crippen molar-refractivity contribution in [2.75, 3.05) is 0 Å². The minimum absolute atomic E-state index is 0.109. The third kappa shape index (κ3) is 2.79. The zero-order chi connectivity index (χ0) is 12.3. The molecular formula is C11H7FN2O2S. The molecule has 0 atom stereocenters. The Morgan fingerprint density at radius 3 is 2.47 bits per heavy atom. The molecule has 1 heterocycles. The molecule has 4 nitrogen and oxygen atoms in total. The normalized spacial score (nSPS) is 10.2. The first kappa shape index (κ1) is 11.5. The molecule has 0 fully saturated rings. The third-order valence-corrected chi connectivity index (χ3v) is 2.90. The molecule has 6 heteroatoms. The van der Waals surface area contributed by atoms with Gasteiger partial charge >= 0.3 is 5.97 Å². The molecule has 2 rings (SSSR count). The smallest absolute Gasteiger partial charge is 0.357 e. The summed E-state index contributed by atoms with van der Waals surface area (Å²) in [6, 6.07) is 5.72. The fraction of sp³-hybridized carbons (Fsp3) is 0. The Bertz CT molecular complexity index is 545. The highest BCUT2D eigenvalue weighted by Gasteiger charge is 2.13. The molecule has 0 unspecified atom stereocenters. The standard InChI is InChI=1S/C11H7FN2O2S/c12-7-1-3-8(4-2-7)17-10-9(11(15)16)13-5-6-14-10/h1-6H,(H,15,16). The number of hydrogen-bond acceptors (Lipinski definition) is 4. The highest BCUT2D eigenvalue weighted by atomic mass is 32.2. The molecule has 2 aromatic rings. The Morgan fingerprint density at radius 2 is 1.82 bits per heavy atom. The van der Waals surface area contributed by atoms with Gasteiger partial charge in [-0.15, -0.1) is 0 Å². The molecule has 0 aliphatic heterocycles. The van der Waals surface area contributed by atoms with Crippen molar-refractivity contribution in [2.24, 2.45) is 0 Å². The monoisotopic (exact) mass is 250 g/mol. The van der Waals surface area contributed by atoms with Gasteiger partial charge in [-0.25, -0.2) is 19.2 Å². The first-order chi connectivity index (χ1) is 8.16. The van der Waals surface area contributed by atoms with Crippen molar-refractivity contribution in [1.29, 1.82) is 0 Å². The molecular weight excluding hydrogens is 243 g/mol. The van der Waals surface area contributed by atoms with Crippen LogP contribution in [0.2, 0.25) is 0 Å². The van der Waals surface area contributed by atoms with E-state index in [1.54, 1.807) is 12.1 Å². The summed E-state index contributed by atoms with van der Waals surface area (Å²) < 4.78 is 12.7. The quantitative estimate of drug-likeness (QED) is 0.906. The van der Waals surface area contributed by atoms with Crippen molar-refractivity contribution >= 4 is 17.7 Å². The van der Waals surface area contributed by atoms with Crippen LogP contribution in [0.1, 0.15) is 10.5 Å². The lowest BCUT2D eigenvalue weighted by molar-refractivity contribution is 0.0685. The molecule has 0 saturated heterocycles. The van der Waals surface area contributed by atoms with E-state index < -0.39 is 5.97 Å². The number of rotatable bonds is 3. The summed E-state index contributed by atoms with van der Waals surface area (Å²) in [4.78, 5) is 19.3. The van der Waals surface area contributed by atoms with Gasteiger partial charge in [0.05, 0.1) is 0 Å². The van der Waals surface area contributed by atoms with Gasteiger partial charge in [0.1, 0.15) is 10.8 Å². The van der Waals surface area contributed by atoms with Crippen LogP contribution in [0.4, 0.5) is 4.39 Å². The topological polar surface area (TPSA) is 63.1 Å². The number of aromatic nitrogens is 2. The maximum Gasteiger partial charge on any atom is 0.357 e. The Hall–Kier alpha value is -1.95. The lowest BCUT2D eigenvalue weighted by Gasteiger charge is -2.03. The summed E-state index contributed by atoms with van der Waals surface area (Å²) in [5.74, 6) is -1.48. The summed E-state index contributed by atoms with van der Waals surface area (Å²) in [5.41, 5.74) is -0.109. The van der Waals surface area contributed by atoms with Crippen LogP contribution in [-0.4, -0.2) is 21.0 Å². The molecule has 0 spiro atoms. The molecule has 86 valence electrons. The molecule has 1 aromatic heterocycles. The predicted octanol–water partition coefficient (Wildman–Crippen LogP) is 2.47. The molecule has 1 aromatic carbocycles. The van der Waals surface area contributed by atoms with Crippen molar-refractivity contribution < 1.29 is 14.3 Å². The van der Waals surface area contributed by atoms with E-state index in [0.29, 0.717) is 4.90 Å². The molecule has 0 aliphatic carbocycles. The average Bonchev–Trinajstić information content (AvgIpc) is 2.32. The molecule has 0 amide bonds. The van der Waals surface area contributed by atoms with Gasteiger partial charge in [-0.1, -0.05) is 11.8 Å². The number of aromatic carboxylic acids is 1. The van der Waals surface area contributed by atoms with Crippen LogP contribution in [0.25, 0.3) is 0 Å². The fourth-order valence-corrected chi connectivity index (χ4v) is 2.01. The largest absolute Gasteiger partial charge is 0.476 e. The first-order valence-corrected chi connectivity index (χ1v) is 5.46. The van der Waals surface area contributed by atoms with Gasteiger partial charge in [-0.3, -0.25) is 0 Å². The molecule has 0 aliphatic rings. The Kier molecular flexibility index (Phi) is 3.34. The van der Waals surface area contributed by atoms with Gasteiger partial charge < -0.3 is 5.11 Å². The van der Waals surface area contributed by atoms with Crippen molar-refractivity contribution in [2.45, 2.75) is 9.92 Å². The van der Waals surface area contributed by atoms with Crippen LogP contribution < -0.4 is 0 Å². The Morgan fingerprint density at radius 1 is 1.18 bits per heavy atom. The third-order valence-electron chi connectivity index (χ3n) is 1.90. The zero-order valence-electron chi connectivity index (χ0n) is 8.50. The van der Waals surface area contributed by atoms with Crippen LogP contribution in [0.3, 0.4) is 0 Å². The lowest BCUT2D eigenvalue weighted by atomic mass is 10.4. The number of carboxylic acids is 1. The van der Waals surface area contributed by atoms with E-state index in [0.717, 1.165) is 11.8 Å². The number of benzene rings is 1. The van der Waals surface area contributed by atoms with Crippen LogP contribution in [0.5, 0.6) is 0 Å². The molecule has 1 N–H and O–H groups in total. The first-order valence-electron chi connectivity index (χ1n) is 4.64.